The highest BCUT2D eigenvalue weighted by Crippen LogP contribution is 2.19. The molecule has 0 saturated heterocycles. The lowest BCUT2D eigenvalue weighted by molar-refractivity contribution is -0.139. The molecule has 0 aliphatic rings. The number of amides is 2. The van der Waals surface area contributed by atoms with Gasteiger partial charge < -0.3 is 15.4 Å². The molecule has 0 fully saturated rings. The van der Waals surface area contributed by atoms with E-state index in [1.54, 1.807) is 19.1 Å². The van der Waals surface area contributed by atoms with E-state index in [2.05, 4.69) is 20.6 Å². The summed E-state index contributed by atoms with van der Waals surface area (Å²) >= 11 is 0. The Morgan fingerprint density at radius 2 is 1.96 bits per heavy atom. The van der Waals surface area contributed by atoms with Crippen LogP contribution in [0, 0.1) is 0 Å². The van der Waals surface area contributed by atoms with Crippen molar-refractivity contribution >= 4 is 17.6 Å². The largest absolute Gasteiger partial charge is 0.477 e. The van der Waals surface area contributed by atoms with Crippen LogP contribution >= 0.6 is 0 Å². The van der Waals surface area contributed by atoms with E-state index in [0.29, 0.717) is 12.2 Å². The maximum Gasteiger partial charge on any atom is 0.392 e. The molecule has 28 heavy (non-hydrogen) atoms. The molecule has 0 aromatic carbocycles. The summed E-state index contributed by atoms with van der Waals surface area (Å²) in [4.78, 5) is 31.4. The first-order valence-electron chi connectivity index (χ1n) is 8.45. The third-order valence-electron chi connectivity index (χ3n) is 3.50. The lowest BCUT2D eigenvalue weighted by atomic mass is 10.2. The molecule has 0 saturated carbocycles. The number of carbonyl (C=O) groups is 2. The zero-order valence-corrected chi connectivity index (χ0v) is 15.0. The number of nitrogens with zero attached hydrogens (tertiary/aromatic N) is 2. The van der Waals surface area contributed by atoms with E-state index < -0.39 is 25.1 Å². The SMILES string of the molecule is CCC(=O)Nc1cc(CNC(=O)c2ccc(OCCC(F)(F)F)nc2)ccn1. The second-order valence-electron chi connectivity index (χ2n) is 5.73. The molecule has 0 unspecified atom stereocenters. The highest BCUT2D eigenvalue weighted by molar-refractivity contribution is 5.94. The van der Waals surface area contributed by atoms with E-state index in [-0.39, 0.29) is 23.9 Å². The fraction of sp³-hybridized carbons (Fsp3) is 0.333. The number of ether oxygens (including phenoxy) is 1. The summed E-state index contributed by atoms with van der Waals surface area (Å²) in [5.41, 5.74) is 0.964. The minimum Gasteiger partial charge on any atom is -0.477 e. The number of carbonyl (C=O) groups excluding carboxylic acids is 2. The van der Waals surface area contributed by atoms with E-state index in [0.717, 1.165) is 5.56 Å². The number of pyridine rings is 2. The summed E-state index contributed by atoms with van der Waals surface area (Å²) in [6, 6.07) is 6.07. The van der Waals surface area contributed by atoms with Crippen molar-refractivity contribution < 1.29 is 27.5 Å². The summed E-state index contributed by atoms with van der Waals surface area (Å²) in [5.74, 6) is -0.186. The van der Waals surface area contributed by atoms with Gasteiger partial charge in [0.05, 0.1) is 18.6 Å². The predicted octanol–water partition coefficient (Wildman–Crippen LogP) is 3.09. The lowest BCUT2D eigenvalue weighted by Crippen LogP contribution is -2.23. The molecule has 0 atom stereocenters. The van der Waals surface area contributed by atoms with Gasteiger partial charge in [0.1, 0.15) is 5.82 Å². The van der Waals surface area contributed by atoms with Crippen LogP contribution in [0.1, 0.15) is 35.7 Å². The average molecular weight is 396 g/mol. The summed E-state index contributed by atoms with van der Waals surface area (Å²) in [7, 11) is 0. The molecule has 150 valence electrons. The van der Waals surface area contributed by atoms with Crippen molar-refractivity contribution in [3.8, 4) is 5.88 Å². The monoisotopic (exact) mass is 396 g/mol. The van der Waals surface area contributed by atoms with Gasteiger partial charge in [0.25, 0.3) is 5.91 Å². The molecule has 0 aliphatic heterocycles. The molecule has 0 bridgehead atoms. The zero-order chi connectivity index (χ0) is 20.6. The van der Waals surface area contributed by atoms with Crippen molar-refractivity contribution in [3.05, 3.63) is 47.8 Å². The first-order chi connectivity index (χ1) is 13.3. The lowest BCUT2D eigenvalue weighted by Gasteiger charge is -2.09. The Kier molecular flexibility index (Phi) is 7.30. The van der Waals surface area contributed by atoms with Gasteiger partial charge in [0.15, 0.2) is 0 Å². The molecule has 2 N–H and O–H groups in total. The van der Waals surface area contributed by atoms with E-state index in [1.165, 1.54) is 24.5 Å². The summed E-state index contributed by atoms with van der Waals surface area (Å²) < 4.78 is 41.1. The predicted molar refractivity (Wildman–Crippen MR) is 94.7 cm³/mol. The second-order valence-corrected chi connectivity index (χ2v) is 5.73. The van der Waals surface area contributed by atoms with E-state index in [4.69, 9.17) is 4.74 Å². The van der Waals surface area contributed by atoms with Crippen LogP contribution in [0.15, 0.2) is 36.7 Å². The second kappa shape index (κ2) is 9.67. The van der Waals surface area contributed by atoms with Crippen LogP contribution < -0.4 is 15.4 Å². The van der Waals surface area contributed by atoms with Crippen LogP contribution in [0.2, 0.25) is 0 Å². The molecule has 0 spiro atoms. The van der Waals surface area contributed by atoms with Crippen molar-refractivity contribution in [1.82, 2.24) is 15.3 Å². The van der Waals surface area contributed by atoms with Crippen LogP contribution in [-0.2, 0) is 11.3 Å². The molecule has 2 rings (SSSR count). The highest BCUT2D eigenvalue weighted by atomic mass is 19.4. The molecule has 2 aromatic rings. The standard InChI is InChI=1S/C18H19F3N4O3/c1-2-15(26)25-14-9-12(5-7-22-14)10-24-17(27)13-3-4-16(23-11-13)28-8-6-18(19,20)21/h3-5,7,9,11H,2,6,8,10H2,1H3,(H,24,27)(H,22,25,26). The Balaban J connectivity index is 1.86. The summed E-state index contributed by atoms with van der Waals surface area (Å²) in [5, 5.41) is 5.31. The van der Waals surface area contributed by atoms with E-state index in [9.17, 15) is 22.8 Å². The first-order valence-corrected chi connectivity index (χ1v) is 8.45. The molecule has 2 aromatic heterocycles. The van der Waals surface area contributed by atoms with Gasteiger partial charge in [0.2, 0.25) is 11.8 Å². The third-order valence-corrected chi connectivity index (χ3v) is 3.50. The number of aromatic nitrogens is 2. The molecule has 0 aliphatic carbocycles. The van der Waals surface area contributed by atoms with Crippen LogP contribution in [0.4, 0.5) is 19.0 Å². The van der Waals surface area contributed by atoms with Crippen molar-refractivity contribution in [1.29, 1.82) is 0 Å². The Morgan fingerprint density at radius 1 is 1.18 bits per heavy atom. The fourth-order valence-corrected chi connectivity index (χ4v) is 2.04. The number of hydrogen-bond acceptors (Lipinski definition) is 5. The van der Waals surface area contributed by atoms with Gasteiger partial charge in [-0.05, 0) is 23.8 Å². The van der Waals surface area contributed by atoms with Gasteiger partial charge in [-0.3, -0.25) is 9.59 Å². The first kappa shape index (κ1) is 21.1. The van der Waals surface area contributed by atoms with Gasteiger partial charge in [-0.15, -0.1) is 0 Å². The van der Waals surface area contributed by atoms with E-state index >= 15 is 0 Å². The molecule has 2 amide bonds. The number of rotatable bonds is 8. The average Bonchev–Trinajstić information content (AvgIpc) is 2.66. The fourth-order valence-electron chi connectivity index (χ4n) is 2.04. The molecule has 2 heterocycles. The summed E-state index contributed by atoms with van der Waals surface area (Å²) in [6.45, 7) is 1.38. The molecular formula is C18H19F3N4O3. The molecular weight excluding hydrogens is 377 g/mol. The Labute approximate surface area is 159 Å². The van der Waals surface area contributed by atoms with Gasteiger partial charge >= 0.3 is 6.18 Å². The number of alkyl halides is 3. The highest BCUT2D eigenvalue weighted by Gasteiger charge is 2.26. The van der Waals surface area contributed by atoms with Crippen LogP contribution in [0.25, 0.3) is 0 Å². The normalized spacial score (nSPS) is 11.0. The van der Waals surface area contributed by atoms with Crippen molar-refractivity contribution in [2.24, 2.45) is 0 Å². The molecule has 10 heteroatoms. The van der Waals surface area contributed by atoms with Crippen LogP contribution in [0.3, 0.4) is 0 Å². The quantitative estimate of drug-likeness (QED) is 0.715. The smallest absolute Gasteiger partial charge is 0.392 e. The minimum absolute atomic E-state index is 0.00578. The summed E-state index contributed by atoms with van der Waals surface area (Å²) in [6.07, 6.45) is -2.32. The third kappa shape index (κ3) is 7.22. The van der Waals surface area contributed by atoms with Crippen LogP contribution in [-0.4, -0.2) is 34.6 Å². The minimum atomic E-state index is -4.30. The van der Waals surface area contributed by atoms with Gasteiger partial charge in [-0.1, -0.05) is 6.92 Å². The van der Waals surface area contributed by atoms with Crippen molar-refractivity contribution in [3.63, 3.8) is 0 Å². The number of halogens is 3. The van der Waals surface area contributed by atoms with Crippen molar-refractivity contribution in [2.45, 2.75) is 32.5 Å². The molecule has 0 radical (unpaired) electrons. The topological polar surface area (TPSA) is 93.2 Å². The zero-order valence-electron chi connectivity index (χ0n) is 15.0. The number of hydrogen-bond donors (Lipinski definition) is 2. The van der Waals surface area contributed by atoms with Crippen LogP contribution in [0.5, 0.6) is 5.88 Å². The van der Waals surface area contributed by atoms with Gasteiger partial charge in [-0.2, -0.15) is 13.2 Å². The van der Waals surface area contributed by atoms with Gasteiger partial charge in [-0.25, -0.2) is 9.97 Å². The Hall–Kier alpha value is -3.17. The Bertz CT molecular complexity index is 810. The Morgan fingerprint density at radius 3 is 2.61 bits per heavy atom. The van der Waals surface area contributed by atoms with Crippen molar-refractivity contribution in [2.75, 3.05) is 11.9 Å². The maximum atomic E-state index is 12.2. The number of anilines is 1. The maximum absolute atomic E-state index is 12.2. The number of nitrogens with one attached hydrogen (secondary N) is 2. The van der Waals surface area contributed by atoms with E-state index in [1.807, 2.05) is 0 Å². The van der Waals surface area contributed by atoms with Gasteiger partial charge in [0, 0.05) is 31.4 Å². The molecule has 7 nitrogen and oxygen atoms in total.